The second-order valence-corrected chi connectivity index (χ2v) is 6.05. The minimum absolute atomic E-state index is 0.0338. The Hall–Kier alpha value is -3.41. The molecule has 0 fully saturated rings. The van der Waals surface area contributed by atoms with Crippen molar-refractivity contribution in [3.63, 3.8) is 0 Å². The van der Waals surface area contributed by atoms with E-state index < -0.39 is 11.9 Å². The highest BCUT2D eigenvalue weighted by Gasteiger charge is 2.31. The summed E-state index contributed by atoms with van der Waals surface area (Å²) in [5.74, 6) is -1.31. The van der Waals surface area contributed by atoms with E-state index in [0.29, 0.717) is 11.4 Å². The normalized spacial score (nSPS) is 10.5. The zero-order valence-corrected chi connectivity index (χ0v) is 15.6. The average Bonchev–Trinajstić information content (AvgIpc) is 3.09. The Morgan fingerprint density at radius 2 is 1.56 bits per heavy atom. The van der Waals surface area contributed by atoms with Gasteiger partial charge in [0.15, 0.2) is 5.69 Å². The van der Waals surface area contributed by atoms with Crippen molar-refractivity contribution in [1.82, 2.24) is 9.78 Å². The number of hydrogen-bond donors (Lipinski definition) is 0. The van der Waals surface area contributed by atoms with Gasteiger partial charge in [0.2, 0.25) is 0 Å². The summed E-state index contributed by atoms with van der Waals surface area (Å²) in [4.78, 5) is 25.2. The van der Waals surface area contributed by atoms with Gasteiger partial charge in [-0.3, -0.25) is 0 Å². The van der Waals surface area contributed by atoms with Crippen molar-refractivity contribution in [3.05, 3.63) is 70.9 Å². The van der Waals surface area contributed by atoms with Crippen molar-refractivity contribution in [3.8, 4) is 16.9 Å². The van der Waals surface area contributed by atoms with Crippen LogP contribution in [0.5, 0.6) is 0 Å². The summed E-state index contributed by atoms with van der Waals surface area (Å²) in [5.41, 5.74) is 3.92. The number of rotatable bonds is 4. The molecule has 0 N–H and O–H groups in total. The molecule has 3 aromatic rings. The summed E-state index contributed by atoms with van der Waals surface area (Å²) in [5, 5.41) is 4.61. The molecule has 6 nitrogen and oxygen atoms in total. The van der Waals surface area contributed by atoms with Crippen molar-refractivity contribution in [2.75, 3.05) is 14.2 Å². The topological polar surface area (TPSA) is 70.4 Å². The van der Waals surface area contributed by atoms with Gasteiger partial charge in [-0.15, -0.1) is 0 Å². The highest BCUT2D eigenvalue weighted by molar-refractivity contribution is 6.07. The van der Waals surface area contributed by atoms with E-state index in [1.807, 2.05) is 50.2 Å². The van der Waals surface area contributed by atoms with E-state index >= 15 is 0 Å². The molecule has 0 aliphatic heterocycles. The largest absolute Gasteiger partial charge is 0.465 e. The minimum Gasteiger partial charge on any atom is -0.465 e. The summed E-state index contributed by atoms with van der Waals surface area (Å²) in [6.45, 7) is 3.93. The standard InChI is InChI=1S/C21H20N2O4/c1-13-9-8-12-16(14(13)2)18-17(20(24)26-3)19(21(25)27-4)23(22-18)15-10-6-5-7-11-15/h5-12H,1-4H3. The van der Waals surface area contributed by atoms with Crippen molar-refractivity contribution < 1.29 is 19.1 Å². The number of benzene rings is 2. The molecule has 0 bridgehead atoms. The summed E-state index contributed by atoms with van der Waals surface area (Å²) < 4.78 is 11.3. The highest BCUT2D eigenvalue weighted by Crippen LogP contribution is 2.32. The third kappa shape index (κ3) is 3.21. The number of aryl methyl sites for hydroxylation is 1. The number of esters is 2. The van der Waals surface area contributed by atoms with Crippen LogP contribution in [0, 0.1) is 13.8 Å². The number of methoxy groups -OCH3 is 2. The molecule has 0 saturated heterocycles. The molecule has 3 rings (SSSR count). The SMILES string of the molecule is COC(=O)c1c(-c2cccc(C)c2C)nn(-c2ccccc2)c1C(=O)OC. The molecule has 6 heteroatoms. The first-order valence-electron chi connectivity index (χ1n) is 8.41. The Morgan fingerprint density at radius 3 is 2.19 bits per heavy atom. The van der Waals surface area contributed by atoms with E-state index in [4.69, 9.17) is 9.47 Å². The summed E-state index contributed by atoms with van der Waals surface area (Å²) in [7, 11) is 2.54. The van der Waals surface area contributed by atoms with Crippen molar-refractivity contribution >= 4 is 11.9 Å². The van der Waals surface area contributed by atoms with Gasteiger partial charge in [-0.25, -0.2) is 14.3 Å². The van der Waals surface area contributed by atoms with Crippen LogP contribution in [0.3, 0.4) is 0 Å². The zero-order valence-electron chi connectivity index (χ0n) is 15.6. The summed E-state index contributed by atoms with van der Waals surface area (Å²) >= 11 is 0. The van der Waals surface area contributed by atoms with E-state index in [2.05, 4.69) is 5.10 Å². The molecule has 1 heterocycles. The lowest BCUT2D eigenvalue weighted by atomic mass is 9.98. The first-order valence-corrected chi connectivity index (χ1v) is 8.41. The molecule has 0 unspecified atom stereocenters. The molecule has 0 spiro atoms. The van der Waals surface area contributed by atoms with Crippen LogP contribution in [-0.4, -0.2) is 35.9 Å². The smallest absolute Gasteiger partial charge is 0.357 e. The fraction of sp³-hybridized carbons (Fsp3) is 0.190. The van der Waals surface area contributed by atoms with Crippen LogP contribution in [0.15, 0.2) is 48.5 Å². The van der Waals surface area contributed by atoms with Gasteiger partial charge in [0.25, 0.3) is 0 Å². The Labute approximate surface area is 157 Å². The van der Waals surface area contributed by atoms with Crippen LogP contribution in [0.25, 0.3) is 16.9 Å². The second-order valence-electron chi connectivity index (χ2n) is 6.05. The minimum atomic E-state index is -0.664. The molecular formula is C21H20N2O4. The number of hydrogen-bond acceptors (Lipinski definition) is 5. The maximum Gasteiger partial charge on any atom is 0.357 e. The third-order valence-corrected chi connectivity index (χ3v) is 4.51. The fourth-order valence-electron chi connectivity index (χ4n) is 2.95. The molecule has 0 amide bonds. The Balaban J connectivity index is 2.40. The number of aromatic nitrogens is 2. The molecule has 0 atom stereocenters. The Bertz CT molecular complexity index is 1010. The Kier molecular flexibility index (Phi) is 5.07. The van der Waals surface area contributed by atoms with Crippen molar-refractivity contribution in [2.24, 2.45) is 0 Å². The molecule has 2 aromatic carbocycles. The number of nitrogens with zero attached hydrogens (tertiary/aromatic N) is 2. The van der Waals surface area contributed by atoms with E-state index in [0.717, 1.165) is 16.7 Å². The maximum absolute atomic E-state index is 12.6. The van der Waals surface area contributed by atoms with Crippen molar-refractivity contribution in [1.29, 1.82) is 0 Å². The van der Waals surface area contributed by atoms with Crippen LogP contribution in [-0.2, 0) is 9.47 Å². The lowest BCUT2D eigenvalue weighted by Crippen LogP contribution is -2.15. The van der Waals surface area contributed by atoms with Gasteiger partial charge in [0.1, 0.15) is 11.3 Å². The van der Waals surface area contributed by atoms with E-state index in [1.54, 1.807) is 12.1 Å². The second kappa shape index (κ2) is 7.45. The molecule has 0 radical (unpaired) electrons. The van der Waals surface area contributed by atoms with Gasteiger partial charge in [-0.1, -0.05) is 36.4 Å². The fourth-order valence-corrected chi connectivity index (χ4v) is 2.95. The molecule has 27 heavy (non-hydrogen) atoms. The summed E-state index contributed by atoms with van der Waals surface area (Å²) in [6, 6.07) is 14.8. The molecule has 0 aliphatic rings. The highest BCUT2D eigenvalue weighted by atomic mass is 16.5. The van der Waals surface area contributed by atoms with Crippen LogP contribution in [0.4, 0.5) is 0 Å². The number of ether oxygens (including phenoxy) is 2. The number of para-hydroxylation sites is 1. The van der Waals surface area contributed by atoms with Gasteiger partial charge >= 0.3 is 11.9 Å². The van der Waals surface area contributed by atoms with Gasteiger partial charge in [-0.2, -0.15) is 5.10 Å². The lowest BCUT2D eigenvalue weighted by Gasteiger charge is -2.08. The molecule has 1 aromatic heterocycles. The van der Waals surface area contributed by atoms with Gasteiger partial charge in [0, 0.05) is 5.56 Å². The maximum atomic E-state index is 12.6. The number of carbonyl (C=O) groups excluding carboxylic acids is 2. The summed E-state index contributed by atoms with van der Waals surface area (Å²) in [6.07, 6.45) is 0. The number of carbonyl (C=O) groups is 2. The van der Waals surface area contributed by atoms with Crippen LogP contribution in [0.2, 0.25) is 0 Å². The van der Waals surface area contributed by atoms with Gasteiger partial charge in [0.05, 0.1) is 19.9 Å². The van der Waals surface area contributed by atoms with Crippen LogP contribution in [0.1, 0.15) is 32.0 Å². The predicted molar refractivity (Wildman–Crippen MR) is 101 cm³/mol. The Morgan fingerprint density at radius 1 is 0.889 bits per heavy atom. The van der Waals surface area contributed by atoms with E-state index in [9.17, 15) is 9.59 Å². The van der Waals surface area contributed by atoms with Gasteiger partial charge in [-0.05, 0) is 37.1 Å². The monoisotopic (exact) mass is 364 g/mol. The molecule has 0 saturated carbocycles. The first-order chi connectivity index (χ1) is 13.0. The van der Waals surface area contributed by atoms with Crippen LogP contribution >= 0.6 is 0 Å². The van der Waals surface area contributed by atoms with E-state index in [1.165, 1.54) is 18.9 Å². The van der Waals surface area contributed by atoms with E-state index in [-0.39, 0.29) is 11.3 Å². The predicted octanol–water partition coefficient (Wildman–Crippen LogP) is 3.73. The van der Waals surface area contributed by atoms with Crippen molar-refractivity contribution in [2.45, 2.75) is 13.8 Å². The lowest BCUT2D eigenvalue weighted by molar-refractivity contribution is 0.0549. The molecule has 0 aliphatic carbocycles. The average molecular weight is 364 g/mol. The zero-order chi connectivity index (χ0) is 19.6. The first kappa shape index (κ1) is 18.4. The van der Waals surface area contributed by atoms with Gasteiger partial charge < -0.3 is 9.47 Å². The molecule has 138 valence electrons. The van der Waals surface area contributed by atoms with Crippen LogP contribution < -0.4 is 0 Å². The third-order valence-electron chi connectivity index (χ3n) is 4.51. The quantitative estimate of drug-likeness (QED) is 0.660. The molecular weight excluding hydrogens is 344 g/mol.